The first-order chi connectivity index (χ1) is 7.61. The second-order valence-corrected chi connectivity index (χ2v) is 4.88. The third kappa shape index (κ3) is 2.07. The predicted octanol–water partition coefficient (Wildman–Crippen LogP) is 4.03. The highest BCUT2D eigenvalue weighted by atomic mass is 79.9. The normalized spacial score (nSPS) is 12.8. The van der Waals surface area contributed by atoms with Crippen LogP contribution in [0.1, 0.15) is 17.4 Å². The van der Waals surface area contributed by atoms with Crippen molar-refractivity contribution in [1.29, 1.82) is 0 Å². The van der Waals surface area contributed by atoms with Gasteiger partial charge in [0.1, 0.15) is 17.7 Å². The Morgan fingerprint density at radius 3 is 2.50 bits per heavy atom. The SMILES string of the molecule is OC(c1ccco1)c1c(Br)ccc(Br)c1F. The van der Waals surface area contributed by atoms with Gasteiger partial charge in [0.05, 0.1) is 10.7 Å². The van der Waals surface area contributed by atoms with E-state index < -0.39 is 11.9 Å². The van der Waals surface area contributed by atoms with Gasteiger partial charge in [-0.25, -0.2) is 4.39 Å². The highest BCUT2D eigenvalue weighted by Crippen LogP contribution is 2.34. The number of benzene rings is 1. The molecular formula is C11H7Br2FO2. The summed E-state index contributed by atoms with van der Waals surface area (Å²) in [6, 6.07) is 6.46. The highest BCUT2D eigenvalue weighted by molar-refractivity contribution is 9.11. The van der Waals surface area contributed by atoms with Crippen LogP contribution in [-0.2, 0) is 0 Å². The van der Waals surface area contributed by atoms with E-state index >= 15 is 0 Å². The van der Waals surface area contributed by atoms with E-state index in [0.717, 1.165) is 0 Å². The summed E-state index contributed by atoms with van der Waals surface area (Å²) in [7, 11) is 0. The summed E-state index contributed by atoms with van der Waals surface area (Å²) >= 11 is 6.28. The minimum atomic E-state index is -1.12. The lowest BCUT2D eigenvalue weighted by atomic mass is 10.1. The van der Waals surface area contributed by atoms with Crippen molar-refractivity contribution < 1.29 is 13.9 Å². The van der Waals surface area contributed by atoms with Crippen molar-refractivity contribution in [3.05, 3.63) is 56.6 Å². The molecule has 2 rings (SSSR count). The molecule has 1 unspecified atom stereocenters. The molecule has 0 radical (unpaired) electrons. The summed E-state index contributed by atoms with van der Waals surface area (Å²) in [5, 5.41) is 9.98. The topological polar surface area (TPSA) is 33.4 Å². The zero-order chi connectivity index (χ0) is 11.7. The van der Waals surface area contributed by atoms with Crippen molar-refractivity contribution >= 4 is 31.9 Å². The molecule has 1 N–H and O–H groups in total. The molecule has 1 aromatic carbocycles. The Bertz CT molecular complexity index is 497. The molecule has 1 atom stereocenters. The fourth-order valence-electron chi connectivity index (χ4n) is 1.38. The molecular weight excluding hydrogens is 343 g/mol. The standard InChI is InChI=1S/C11H7Br2FO2/c12-6-3-4-7(13)10(14)9(6)11(15)8-2-1-5-16-8/h1-5,11,15H. The lowest BCUT2D eigenvalue weighted by molar-refractivity contribution is 0.184. The fraction of sp³-hybridized carbons (Fsp3) is 0.0909. The van der Waals surface area contributed by atoms with Crippen LogP contribution in [-0.4, -0.2) is 5.11 Å². The number of aliphatic hydroxyl groups excluding tert-OH is 1. The van der Waals surface area contributed by atoms with E-state index in [1.54, 1.807) is 24.3 Å². The van der Waals surface area contributed by atoms with Crippen molar-refractivity contribution in [3.8, 4) is 0 Å². The van der Waals surface area contributed by atoms with E-state index in [9.17, 15) is 9.50 Å². The molecule has 0 amide bonds. The van der Waals surface area contributed by atoms with Gasteiger partial charge in [0, 0.05) is 10.0 Å². The third-order valence-corrected chi connectivity index (χ3v) is 3.47. The van der Waals surface area contributed by atoms with E-state index in [1.165, 1.54) is 6.26 Å². The molecule has 0 spiro atoms. The molecule has 1 aromatic heterocycles. The molecule has 0 aliphatic rings. The van der Waals surface area contributed by atoms with Gasteiger partial charge in [-0.15, -0.1) is 0 Å². The monoisotopic (exact) mass is 348 g/mol. The van der Waals surface area contributed by atoms with Crippen LogP contribution in [0, 0.1) is 5.82 Å². The number of halogens is 3. The summed E-state index contributed by atoms with van der Waals surface area (Å²) in [6.07, 6.45) is 0.310. The largest absolute Gasteiger partial charge is 0.466 e. The van der Waals surface area contributed by atoms with Gasteiger partial charge >= 0.3 is 0 Å². The van der Waals surface area contributed by atoms with Crippen molar-refractivity contribution in [3.63, 3.8) is 0 Å². The van der Waals surface area contributed by atoms with Gasteiger partial charge < -0.3 is 9.52 Å². The van der Waals surface area contributed by atoms with Crippen LogP contribution in [0.5, 0.6) is 0 Å². The highest BCUT2D eigenvalue weighted by Gasteiger charge is 2.22. The van der Waals surface area contributed by atoms with E-state index in [-0.39, 0.29) is 5.56 Å². The number of hydrogen-bond donors (Lipinski definition) is 1. The van der Waals surface area contributed by atoms with Crippen LogP contribution in [0.2, 0.25) is 0 Å². The molecule has 84 valence electrons. The maximum absolute atomic E-state index is 13.8. The Morgan fingerprint density at radius 1 is 1.19 bits per heavy atom. The van der Waals surface area contributed by atoms with Crippen LogP contribution in [0.4, 0.5) is 4.39 Å². The summed E-state index contributed by atoms with van der Waals surface area (Å²) in [4.78, 5) is 0. The molecule has 2 nitrogen and oxygen atoms in total. The number of aliphatic hydroxyl groups is 1. The average molecular weight is 350 g/mol. The van der Waals surface area contributed by atoms with Gasteiger partial charge in [0.2, 0.25) is 0 Å². The van der Waals surface area contributed by atoms with Crippen molar-refractivity contribution in [2.75, 3.05) is 0 Å². The fourth-order valence-corrected chi connectivity index (χ4v) is 2.25. The molecule has 0 aliphatic heterocycles. The number of furan rings is 1. The summed E-state index contributed by atoms with van der Waals surface area (Å²) in [6.45, 7) is 0. The summed E-state index contributed by atoms with van der Waals surface area (Å²) in [5.74, 6) is -0.198. The molecule has 0 bridgehead atoms. The quantitative estimate of drug-likeness (QED) is 0.830. The average Bonchev–Trinajstić information content (AvgIpc) is 2.77. The molecule has 0 aliphatic carbocycles. The van der Waals surface area contributed by atoms with Crippen molar-refractivity contribution in [1.82, 2.24) is 0 Å². The van der Waals surface area contributed by atoms with E-state index in [4.69, 9.17) is 4.42 Å². The van der Waals surface area contributed by atoms with E-state index in [1.807, 2.05) is 0 Å². The van der Waals surface area contributed by atoms with Gasteiger partial charge in [-0.2, -0.15) is 0 Å². The Labute approximate surface area is 108 Å². The van der Waals surface area contributed by atoms with E-state index in [2.05, 4.69) is 31.9 Å². The number of rotatable bonds is 2. The minimum Gasteiger partial charge on any atom is -0.466 e. The molecule has 0 saturated heterocycles. The van der Waals surface area contributed by atoms with Crippen LogP contribution >= 0.6 is 31.9 Å². The first-order valence-electron chi connectivity index (χ1n) is 4.46. The number of hydrogen-bond acceptors (Lipinski definition) is 2. The molecule has 1 heterocycles. The zero-order valence-electron chi connectivity index (χ0n) is 7.95. The van der Waals surface area contributed by atoms with Crippen LogP contribution in [0.25, 0.3) is 0 Å². The lowest BCUT2D eigenvalue weighted by Gasteiger charge is -2.12. The molecule has 2 aromatic rings. The molecule has 5 heteroatoms. The van der Waals surface area contributed by atoms with Gasteiger partial charge in [-0.3, -0.25) is 0 Å². The van der Waals surface area contributed by atoms with Crippen molar-refractivity contribution in [2.45, 2.75) is 6.10 Å². The minimum absolute atomic E-state index is 0.157. The summed E-state index contributed by atoms with van der Waals surface area (Å²) < 4.78 is 19.7. The predicted molar refractivity (Wildman–Crippen MR) is 64.6 cm³/mol. The zero-order valence-corrected chi connectivity index (χ0v) is 11.1. The van der Waals surface area contributed by atoms with Crippen LogP contribution in [0.15, 0.2) is 43.9 Å². The smallest absolute Gasteiger partial charge is 0.144 e. The van der Waals surface area contributed by atoms with Gasteiger partial charge in [-0.1, -0.05) is 15.9 Å². The second kappa shape index (κ2) is 4.69. The van der Waals surface area contributed by atoms with E-state index in [0.29, 0.717) is 14.7 Å². The Balaban J connectivity index is 2.52. The lowest BCUT2D eigenvalue weighted by Crippen LogP contribution is -2.03. The first-order valence-corrected chi connectivity index (χ1v) is 6.04. The van der Waals surface area contributed by atoms with Gasteiger partial charge in [-0.05, 0) is 40.2 Å². The Morgan fingerprint density at radius 2 is 1.88 bits per heavy atom. The molecule has 0 saturated carbocycles. The third-order valence-electron chi connectivity index (χ3n) is 2.17. The Hall–Kier alpha value is -0.650. The van der Waals surface area contributed by atoms with Gasteiger partial charge in [0.15, 0.2) is 0 Å². The maximum atomic E-state index is 13.8. The maximum Gasteiger partial charge on any atom is 0.144 e. The first kappa shape index (κ1) is 11.8. The summed E-state index contributed by atoms with van der Waals surface area (Å²) in [5.41, 5.74) is 0.157. The van der Waals surface area contributed by atoms with Crippen molar-refractivity contribution in [2.24, 2.45) is 0 Å². The molecule has 0 fully saturated rings. The second-order valence-electron chi connectivity index (χ2n) is 3.17. The van der Waals surface area contributed by atoms with Gasteiger partial charge in [0.25, 0.3) is 0 Å². The van der Waals surface area contributed by atoms with Crippen LogP contribution < -0.4 is 0 Å². The molecule has 16 heavy (non-hydrogen) atoms. The Kier molecular flexibility index (Phi) is 3.47. The van der Waals surface area contributed by atoms with Crippen LogP contribution in [0.3, 0.4) is 0 Å².